The van der Waals surface area contributed by atoms with Crippen LogP contribution in [0.5, 0.6) is 0 Å². The number of rotatable bonds is 4. The van der Waals surface area contributed by atoms with Gasteiger partial charge in [-0.3, -0.25) is 4.79 Å². The largest absolute Gasteiger partial charge is 0.465 e. The molecule has 29 heavy (non-hydrogen) atoms. The van der Waals surface area contributed by atoms with Gasteiger partial charge in [0.25, 0.3) is 0 Å². The van der Waals surface area contributed by atoms with E-state index in [1.165, 1.54) is 30.1 Å². The zero-order chi connectivity index (χ0) is 21.2. The fraction of sp³-hybridized carbons (Fsp3) is 0.391. The van der Waals surface area contributed by atoms with E-state index in [9.17, 15) is 9.59 Å². The fourth-order valence-corrected chi connectivity index (χ4v) is 4.68. The summed E-state index contributed by atoms with van der Waals surface area (Å²) in [5.41, 5.74) is 3.79. The third-order valence-corrected chi connectivity index (χ3v) is 6.21. The monoisotopic (exact) mass is 412 g/mol. The molecule has 0 aliphatic carbocycles. The van der Waals surface area contributed by atoms with Gasteiger partial charge >= 0.3 is 5.97 Å². The lowest BCUT2D eigenvalue weighted by atomic mass is 9.87. The van der Waals surface area contributed by atoms with Gasteiger partial charge in [0.1, 0.15) is 5.00 Å². The van der Waals surface area contributed by atoms with Crippen molar-refractivity contribution in [2.45, 2.75) is 39.2 Å². The van der Waals surface area contributed by atoms with Crippen molar-refractivity contribution in [3.63, 3.8) is 0 Å². The van der Waals surface area contributed by atoms with E-state index >= 15 is 0 Å². The quantitative estimate of drug-likeness (QED) is 0.595. The first-order chi connectivity index (χ1) is 13.7. The van der Waals surface area contributed by atoms with E-state index < -0.39 is 5.97 Å². The van der Waals surface area contributed by atoms with Crippen LogP contribution in [0.2, 0.25) is 0 Å². The van der Waals surface area contributed by atoms with Crippen molar-refractivity contribution in [3.05, 3.63) is 57.5 Å². The van der Waals surface area contributed by atoms with Crippen LogP contribution in [-0.2, 0) is 27.9 Å². The maximum atomic E-state index is 12.5. The van der Waals surface area contributed by atoms with Crippen molar-refractivity contribution < 1.29 is 14.3 Å². The van der Waals surface area contributed by atoms with E-state index in [1.54, 1.807) is 6.08 Å². The number of benzene rings is 1. The lowest BCUT2D eigenvalue weighted by Crippen LogP contribution is -2.26. The first kappa shape index (κ1) is 21.3. The Labute approximate surface area is 176 Å². The number of esters is 1. The Balaban J connectivity index is 1.77. The molecular formula is C23H28N2O3S. The number of carbonyl (C=O) groups is 2. The summed E-state index contributed by atoms with van der Waals surface area (Å²) >= 11 is 1.46. The number of likely N-dealkylation sites (N-methyl/N-ethyl adjacent to an activating group) is 1. The molecule has 2 heterocycles. The average molecular weight is 413 g/mol. The SMILES string of the molecule is COC(=O)c1c(NC(=O)/C=C/c2ccc(C(C)(C)C)cc2)sc2c1CCN(C)C2. The van der Waals surface area contributed by atoms with Crippen molar-refractivity contribution in [2.24, 2.45) is 0 Å². The summed E-state index contributed by atoms with van der Waals surface area (Å²) < 4.78 is 4.96. The topological polar surface area (TPSA) is 58.6 Å². The van der Waals surface area contributed by atoms with Crippen LogP contribution in [0.15, 0.2) is 30.3 Å². The Kier molecular flexibility index (Phi) is 6.24. The van der Waals surface area contributed by atoms with Gasteiger partial charge in [0, 0.05) is 24.0 Å². The number of ether oxygens (including phenoxy) is 1. The van der Waals surface area contributed by atoms with Gasteiger partial charge in [-0.25, -0.2) is 4.79 Å². The summed E-state index contributed by atoms with van der Waals surface area (Å²) in [6, 6.07) is 8.17. The second-order valence-electron chi connectivity index (χ2n) is 8.38. The van der Waals surface area contributed by atoms with Gasteiger partial charge in [-0.05, 0) is 41.6 Å². The Morgan fingerprint density at radius 2 is 1.90 bits per heavy atom. The molecule has 0 atom stereocenters. The zero-order valence-electron chi connectivity index (χ0n) is 17.7. The van der Waals surface area contributed by atoms with E-state index in [4.69, 9.17) is 4.74 Å². The van der Waals surface area contributed by atoms with Crippen molar-refractivity contribution in [2.75, 3.05) is 26.0 Å². The second kappa shape index (κ2) is 8.51. The number of thiophene rings is 1. The predicted molar refractivity (Wildman–Crippen MR) is 119 cm³/mol. The molecule has 1 amide bonds. The summed E-state index contributed by atoms with van der Waals surface area (Å²) in [5.74, 6) is -0.661. The number of methoxy groups -OCH3 is 1. The lowest BCUT2D eigenvalue weighted by molar-refractivity contribution is -0.111. The van der Waals surface area contributed by atoms with Gasteiger partial charge in [-0.2, -0.15) is 0 Å². The first-order valence-electron chi connectivity index (χ1n) is 9.70. The van der Waals surface area contributed by atoms with E-state index in [-0.39, 0.29) is 11.3 Å². The molecule has 0 bridgehead atoms. The number of anilines is 1. The number of nitrogens with zero attached hydrogens (tertiary/aromatic N) is 1. The third kappa shape index (κ3) is 4.95. The Morgan fingerprint density at radius 3 is 2.52 bits per heavy atom. The molecule has 0 saturated carbocycles. The van der Waals surface area contributed by atoms with Gasteiger partial charge in [-0.1, -0.05) is 45.0 Å². The molecule has 1 aromatic carbocycles. The highest BCUT2D eigenvalue weighted by Gasteiger charge is 2.28. The van der Waals surface area contributed by atoms with E-state index in [1.807, 2.05) is 19.2 Å². The number of hydrogen-bond donors (Lipinski definition) is 1. The number of carbonyl (C=O) groups excluding carboxylic acids is 2. The summed E-state index contributed by atoms with van der Waals surface area (Å²) in [5, 5.41) is 3.44. The molecule has 2 aromatic rings. The fourth-order valence-electron chi connectivity index (χ4n) is 3.36. The van der Waals surface area contributed by atoms with Crippen LogP contribution in [-0.4, -0.2) is 37.5 Å². The first-order valence-corrected chi connectivity index (χ1v) is 10.5. The summed E-state index contributed by atoms with van der Waals surface area (Å²) in [7, 11) is 3.42. The standard InChI is InChI=1S/C23H28N2O3S/c1-23(2,3)16-9-6-15(7-10-16)8-11-19(26)24-21-20(22(27)28-5)17-12-13-25(4)14-18(17)29-21/h6-11H,12-14H2,1-5H3,(H,24,26)/b11-8+. The van der Waals surface area contributed by atoms with E-state index in [0.717, 1.165) is 35.5 Å². The molecule has 1 aromatic heterocycles. The Hall–Kier alpha value is -2.44. The molecule has 0 radical (unpaired) electrons. The molecule has 0 spiro atoms. The highest BCUT2D eigenvalue weighted by molar-refractivity contribution is 7.17. The highest BCUT2D eigenvalue weighted by Crippen LogP contribution is 2.37. The zero-order valence-corrected chi connectivity index (χ0v) is 18.5. The normalized spacial score (nSPS) is 14.7. The van der Waals surface area contributed by atoms with E-state index in [2.05, 4.69) is 43.1 Å². The van der Waals surface area contributed by atoms with Crippen LogP contribution in [0.25, 0.3) is 6.08 Å². The molecular weight excluding hydrogens is 384 g/mol. The molecule has 154 valence electrons. The molecule has 3 rings (SSSR count). The summed E-state index contributed by atoms with van der Waals surface area (Å²) in [6.45, 7) is 8.16. The van der Waals surface area contributed by atoms with Crippen LogP contribution < -0.4 is 5.32 Å². The maximum absolute atomic E-state index is 12.5. The van der Waals surface area contributed by atoms with Gasteiger partial charge < -0.3 is 15.0 Å². The molecule has 1 N–H and O–H groups in total. The number of hydrogen-bond acceptors (Lipinski definition) is 5. The maximum Gasteiger partial charge on any atom is 0.341 e. The molecule has 0 unspecified atom stereocenters. The van der Waals surface area contributed by atoms with Gasteiger partial charge in [-0.15, -0.1) is 11.3 Å². The van der Waals surface area contributed by atoms with Crippen LogP contribution in [0.4, 0.5) is 5.00 Å². The molecule has 1 aliphatic rings. The number of amides is 1. The van der Waals surface area contributed by atoms with Crippen LogP contribution >= 0.6 is 11.3 Å². The Morgan fingerprint density at radius 1 is 1.21 bits per heavy atom. The molecule has 0 saturated heterocycles. The highest BCUT2D eigenvalue weighted by atomic mass is 32.1. The van der Waals surface area contributed by atoms with E-state index in [0.29, 0.717) is 10.6 Å². The third-order valence-electron chi connectivity index (χ3n) is 5.08. The lowest BCUT2D eigenvalue weighted by Gasteiger charge is -2.22. The minimum absolute atomic E-state index is 0.0935. The summed E-state index contributed by atoms with van der Waals surface area (Å²) in [6.07, 6.45) is 4.05. The smallest absolute Gasteiger partial charge is 0.341 e. The molecule has 0 fully saturated rings. The van der Waals surface area contributed by atoms with Gasteiger partial charge in [0.15, 0.2) is 0 Å². The van der Waals surface area contributed by atoms with Crippen molar-refractivity contribution in [1.29, 1.82) is 0 Å². The number of fused-ring (bicyclic) bond motifs is 1. The molecule has 5 nitrogen and oxygen atoms in total. The summed E-state index contributed by atoms with van der Waals surface area (Å²) in [4.78, 5) is 28.1. The van der Waals surface area contributed by atoms with Crippen LogP contribution in [0, 0.1) is 0 Å². The minimum Gasteiger partial charge on any atom is -0.465 e. The predicted octanol–water partition coefficient (Wildman–Crippen LogP) is 4.47. The van der Waals surface area contributed by atoms with Gasteiger partial charge in [0.05, 0.1) is 12.7 Å². The molecule has 6 heteroatoms. The van der Waals surface area contributed by atoms with Gasteiger partial charge in [0.2, 0.25) is 5.91 Å². The second-order valence-corrected chi connectivity index (χ2v) is 9.49. The Bertz CT molecular complexity index is 936. The average Bonchev–Trinajstić information content (AvgIpc) is 3.02. The molecule has 1 aliphatic heterocycles. The van der Waals surface area contributed by atoms with Crippen molar-refractivity contribution in [3.8, 4) is 0 Å². The number of nitrogens with one attached hydrogen (secondary N) is 1. The van der Waals surface area contributed by atoms with Crippen molar-refractivity contribution >= 4 is 34.3 Å². The van der Waals surface area contributed by atoms with Crippen LogP contribution in [0.1, 0.15) is 52.7 Å². The van der Waals surface area contributed by atoms with Crippen LogP contribution in [0.3, 0.4) is 0 Å². The van der Waals surface area contributed by atoms with Crippen molar-refractivity contribution in [1.82, 2.24) is 4.90 Å². The minimum atomic E-state index is -0.399.